The van der Waals surface area contributed by atoms with Crippen molar-refractivity contribution in [1.29, 1.82) is 0 Å². The molecule has 7 heteroatoms. The Morgan fingerprint density at radius 3 is 2.29 bits per heavy atom. The Bertz CT molecular complexity index is 1310. The van der Waals surface area contributed by atoms with E-state index in [1.807, 2.05) is 6.07 Å². The van der Waals surface area contributed by atoms with Crippen molar-refractivity contribution in [2.24, 2.45) is 5.92 Å². The van der Waals surface area contributed by atoms with Gasteiger partial charge in [0.15, 0.2) is 11.6 Å². The maximum absolute atomic E-state index is 15.1. The van der Waals surface area contributed by atoms with Gasteiger partial charge in [-0.3, -0.25) is 9.78 Å². The van der Waals surface area contributed by atoms with E-state index in [2.05, 4.69) is 22.1 Å². The number of rotatable bonds is 3. The lowest BCUT2D eigenvalue weighted by molar-refractivity contribution is -0.125. The van der Waals surface area contributed by atoms with Gasteiger partial charge in [-0.25, -0.2) is 18.5 Å². The normalized spacial score (nSPS) is 19.9. The lowest BCUT2D eigenvalue weighted by Gasteiger charge is -2.45. The average molecular weight is 459 g/mol. The van der Waals surface area contributed by atoms with Gasteiger partial charge in [-0.15, -0.1) is 0 Å². The van der Waals surface area contributed by atoms with Gasteiger partial charge in [0.25, 0.3) is 0 Å². The molecule has 34 heavy (non-hydrogen) atoms. The predicted octanol–water partition coefficient (Wildman–Crippen LogP) is 5.07. The summed E-state index contributed by atoms with van der Waals surface area (Å²) in [7, 11) is 0. The van der Waals surface area contributed by atoms with E-state index in [-0.39, 0.29) is 5.56 Å². The van der Waals surface area contributed by atoms with Gasteiger partial charge < -0.3 is 5.32 Å². The molecule has 1 aromatic heterocycles. The number of aromatic nitrogens is 1. The Kier molecular flexibility index (Phi) is 6.16. The number of imide groups is 1. The van der Waals surface area contributed by atoms with E-state index in [1.165, 1.54) is 0 Å². The first-order valence-electron chi connectivity index (χ1n) is 10.9. The molecule has 0 spiro atoms. The largest absolute Gasteiger partial charge is 0.329 e. The molecule has 2 aromatic carbocycles. The number of anilines is 1. The summed E-state index contributed by atoms with van der Waals surface area (Å²) in [5.41, 5.74) is 0.439. The lowest BCUT2D eigenvalue weighted by atomic mass is 9.76. The van der Waals surface area contributed by atoms with Crippen LogP contribution in [0.25, 0.3) is 0 Å². The first kappa shape index (κ1) is 23.1. The van der Waals surface area contributed by atoms with Gasteiger partial charge in [0.1, 0.15) is 5.69 Å². The van der Waals surface area contributed by atoms with Crippen LogP contribution < -0.4 is 10.2 Å². The summed E-state index contributed by atoms with van der Waals surface area (Å²) in [4.78, 5) is 31.2. The van der Waals surface area contributed by atoms with Crippen LogP contribution in [0.1, 0.15) is 42.7 Å². The number of benzene rings is 2. The highest BCUT2D eigenvalue weighted by Gasteiger charge is 2.50. The molecule has 2 heterocycles. The molecule has 5 nitrogen and oxygen atoms in total. The van der Waals surface area contributed by atoms with Crippen LogP contribution in [-0.4, -0.2) is 16.9 Å². The van der Waals surface area contributed by atoms with Crippen LogP contribution in [0.4, 0.5) is 19.3 Å². The molecule has 1 fully saturated rings. The molecular formula is C27H23F2N3O2. The number of halogens is 2. The van der Waals surface area contributed by atoms with E-state index in [1.54, 1.807) is 63.4 Å². The third-order valence-corrected chi connectivity index (χ3v) is 6.06. The second kappa shape index (κ2) is 9.06. The summed E-state index contributed by atoms with van der Waals surface area (Å²) >= 11 is 0. The number of aryl methyl sites for hydroxylation is 1. The molecule has 3 aromatic rings. The minimum absolute atomic E-state index is 0.0941. The Morgan fingerprint density at radius 1 is 1.03 bits per heavy atom. The van der Waals surface area contributed by atoms with Crippen molar-refractivity contribution in [2.45, 2.75) is 32.7 Å². The highest BCUT2D eigenvalue weighted by molar-refractivity contribution is 6.17. The minimum atomic E-state index is -1.05. The van der Waals surface area contributed by atoms with Crippen molar-refractivity contribution in [1.82, 2.24) is 10.3 Å². The molecule has 1 N–H and O–H groups in total. The number of hydrogen-bond donors (Lipinski definition) is 1. The molecule has 172 valence electrons. The van der Waals surface area contributed by atoms with Crippen LogP contribution in [0.3, 0.4) is 0 Å². The topological polar surface area (TPSA) is 62.3 Å². The molecule has 0 bridgehead atoms. The monoisotopic (exact) mass is 459 g/mol. The van der Waals surface area contributed by atoms with Gasteiger partial charge in [-0.1, -0.05) is 37.0 Å². The zero-order valence-corrected chi connectivity index (χ0v) is 19.0. The van der Waals surface area contributed by atoms with E-state index in [0.717, 1.165) is 17.8 Å². The smallest absolute Gasteiger partial charge is 0.327 e. The third-order valence-electron chi connectivity index (χ3n) is 6.06. The SMILES string of the molecule is CCC1C(=O)N(c2c(F)cc(C#Cc3ccccc3)cc2F)C(=O)N[C@]1(C)c1ccnc(C)c1. The number of nitrogens with one attached hydrogen (secondary N) is 1. The standard InChI is InChI=1S/C27H23F2N3O2/c1-4-21-25(33)32(26(34)31-27(21,3)20-12-13-30-17(2)14-20)24-22(28)15-19(16-23(24)29)11-10-18-8-6-5-7-9-18/h5-9,12-16,21H,4H2,1-3H3,(H,31,34)/t21?,27-/m1/s1. The van der Waals surface area contributed by atoms with Crippen LogP contribution in [0, 0.1) is 36.3 Å². The van der Waals surface area contributed by atoms with Gasteiger partial charge in [0.2, 0.25) is 5.91 Å². The summed E-state index contributed by atoms with van der Waals surface area (Å²) in [5, 5.41) is 2.81. The first-order chi connectivity index (χ1) is 16.2. The van der Waals surface area contributed by atoms with E-state index in [9.17, 15) is 9.59 Å². The Labute approximate surface area is 196 Å². The van der Waals surface area contributed by atoms with E-state index in [4.69, 9.17) is 0 Å². The molecule has 1 unspecified atom stereocenters. The molecule has 3 amide bonds. The van der Waals surface area contributed by atoms with Gasteiger partial charge in [-0.2, -0.15) is 0 Å². The summed E-state index contributed by atoms with van der Waals surface area (Å²) in [6.07, 6.45) is 1.94. The predicted molar refractivity (Wildman–Crippen MR) is 125 cm³/mol. The number of carbonyl (C=O) groups excluding carboxylic acids is 2. The van der Waals surface area contributed by atoms with Gasteiger partial charge in [0.05, 0.1) is 11.5 Å². The maximum atomic E-state index is 15.1. The van der Waals surface area contributed by atoms with Crippen LogP contribution in [0.2, 0.25) is 0 Å². The number of hydrogen-bond acceptors (Lipinski definition) is 3. The molecule has 0 radical (unpaired) electrons. The minimum Gasteiger partial charge on any atom is -0.327 e. The zero-order chi connectivity index (χ0) is 24.5. The number of carbonyl (C=O) groups is 2. The summed E-state index contributed by atoms with van der Waals surface area (Å²) in [5.74, 6) is 2.04. The molecule has 2 atom stereocenters. The summed E-state index contributed by atoms with van der Waals surface area (Å²) < 4.78 is 30.2. The molecular weight excluding hydrogens is 436 g/mol. The highest BCUT2D eigenvalue weighted by Crippen LogP contribution is 2.39. The fourth-order valence-corrected chi connectivity index (χ4v) is 4.32. The Morgan fingerprint density at radius 2 is 1.68 bits per heavy atom. The fourth-order valence-electron chi connectivity index (χ4n) is 4.32. The van der Waals surface area contributed by atoms with Crippen molar-refractivity contribution in [2.75, 3.05) is 4.90 Å². The molecule has 1 saturated heterocycles. The second-order valence-electron chi connectivity index (χ2n) is 8.36. The van der Waals surface area contributed by atoms with E-state index in [0.29, 0.717) is 22.4 Å². The van der Waals surface area contributed by atoms with Crippen molar-refractivity contribution in [3.63, 3.8) is 0 Å². The van der Waals surface area contributed by atoms with Crippen molar-refractivity contribution in [3.05, 3.63) is 94.8 Å². The fraction of sp³-hybridized carbons (Fsp3) is 0.222. The van der Waals surface area contributed by atoms with Crippen LogP contribution >= 0.6 is 0 Å². The van der Waals surface area contributed by atoms with Gasteiger partial charge in [0, 0.05) is 23.0 Å². The molecule has 1 aliphatic heterocycles. The molecule has 0 aliphatic carbocycles. The van der Waals surface area contributed by atoms with Gasteiger partial charge >= 0.3 is 6.03 Å². The van der Waals surface area contributed by atoms with E-state index >= 15 is 8.78 Å². The lowest BCUT2D eigenvalue weighted by Crippen LogP contribution is -2.65. The van der Waals surface area contributed by atoms with Gasteiger partial charge in [-0.05, 0) is 62.2 Å². The summed E-state index contributed by atoms with van der Waals surface area (Å²) in [6.45, 7) is 5.33. The molecule has 4 rings (SSSR count). The number of urea groups is 1. The maximum Gasteiger partial charge on any atom is 0.329 e. The van der Waals surface area contributed by atoms with Crippen LogP contribution in [0.15, 0.2) is 60.8 Å². The van der Waals surface area contributed by atoms with E-state index < -0.39 is 40.7 Å². The second-order valence-corrected chi connectivity index (χ2v) is 8.36. The average Bonchev–Trinajstić information content (AvgIpc) is 2.80. The highest BCUT2D eigenvalue weighted by atomic mass is 19.1. The number of pyridine rings is 1. The number of amides is 3. The Hall–Kier alpha value is -4.05. The molecule has 0 saturated carbocycles. The quantitative estimate of drug-likeness (QED) is 0.557. The third kappa shape index (κ3) is 4.15. The van der Waals surface area contributed by atoms with Crippen LogP contribution in [-0.2, 0) is 10.3 Å². The van der Waals surface area contributed by atoms with Crippen molar-refractivity contribution in [3.8, 4) is 11.8 Å². The number of nitrogens with zero attached hydrogens (tertiary/aromatic N) is 2. The summed E-state index contributed by atoms with van der Waals surface area (Å²) in [6, 6.07) is 13.7. The van der Waals surface area contributed by atoms with Crippen molar-refractivity contribution >= 4 is 17.6 Å². The molecule has 1 aliphatic rings. The Balaban J connectivity index is 1.71. The van der Waals surface area contributed by atoms with Crippen molar-refractivity contribution < 1.29 is 18.4 Å². The zero-order valence-electron chi connectivity index (χ0n) is 19.0. The van der Waals surface area contributed by atoms with Crippen LogP contribution in [0.5, 0.6) is 0 Å². The first-order valence-corrected chi connectivity index (χ1v) is 10.9.